The first-order valence-corrected chi connectivity index (χ1v) is 8.43. The lowest BCUT2D eigenvalue weighted by Gasteiger charge is -2.29. The number of anilines is 1. The van der Waals surface area contributed by atoms with Crippen molar-refractivity contribution >= 4 is 22.4 Å². The standard InChI is InChI=1S/C17H18N4O2S/c1-17(2)7-12-13(8-18)15(24-14(12)10-23-17)21-16(22)20-9-11-5-3-4-6-19-11/h3-6H,7,9-10H2,1-2H3,(H2,20,21,22). The predicted molar refractivity (Wildman–Crippen MR) is 91.7 cm³/mol. The fraction of sp³-hybridized carbons (Fsp3) is 0.353. The van der Waals surface area contributed by atoms with Crippen molar-refractivity contribution in [2.24, 2.45) is 0 Å². The Labute approximate surface area is 144 Å². The Balaban J connectivity index is 1.70. The molecular weight excluding hydrogens is 324 g/mol. The zero-order chi connectivity index (χ0) is 17.2. The number of thiophene rings is 1. The van der Waals surface area contributed by atoms with Crippen LogP contribution >= 0.6 is 11.3 Å². The number of fused-ring (bicyclic) bond motifs is 1. The summed E-state index contributed by atoms with van der Waals surface area (Å²) in [4.78, 5) is 17.3. The van der Waals surface area contributed by atoms with Crippen LogP contribution in [0.1, 0.15) is 35.5 Å². The van der Waals surface area contributed by atoms with Crippen molar-refractivity contribution in [3.8, 4) is 6.07 Å². The van der Waals surface area contributed by atoms with E-state index in [-0.39, 0.29) is 11.6 Å². The van der Waals surface area contributed by atoms with Gasteiger partial charge in [-0.05, 0) is 31.5 Å². The lowest BCUT2D eigenvalue weighted by molar-refractivity contribution is -0.0383. The molecule has 0 aliphatic carbocycles. The monoisotopic (exact) mass is 342 g/mol. The fourth-order valence-electron chi connectivity index (χ4n) is 2.58. The van der Waals surface area contributed by atoms with Crippen molar-refractivity contribution in [1.82, 2.24) is 10.3 Å². The third-order valence-electron chi connectivity index (χ3n) is 3.78. The second kappa shape index (κ2) is 6.59. The topological polar surface area (TPSA) is 87.0 Å². The summed E-state index contributed by atoms with van der Waals surface area (Å²) in [5.41, 5.74) is 2.00. The molecule has 0 bridgehead atoms. The Morgan fingerprint density at radius 1 is 1.50 bits per heavy atom. The van der Waals surface area contributed by atoms with Gasteiger partial charge in [-0.1, -0.05) is 6.07 Å². The van der Waals surface area contributed by atoms with Crippen LogP contribution in [0.3, 0.4) is 0 Å². The van der Waals surface area contributed by atoms with E-state index < -0.39 is 0 Å². The highest BCUT2D eigenvalue weighted by molar-refractivity contribution is 7.16. The Morgan fingerprint density at radius 3 is 3.04 bits per heavy atom. The van der Waals surface area contributed by atoms with E-state index in [4.69, 9.17) is 4.74 Å². The maximum absolute atomic E-state index is 12.1. The van der Waals surface area contributed by atoms with Crippen molar-refractivity contribution in [1.29, 1.82) is 5.26 Å². The second-order valence-corrected chi connectivity index (χ2v) is 7.28. The number of nitriles is 1. The zero-order valence-corrected chi connectivity index (χ0v) is 14.4. The van der Waals surface area contributed by atoms with E-state index in [9.17, 15) is 10.1 Å². The van der Waals surface area contributed by atoms with E-state index in [1.54, 1.807) is 6.20 Å². The molecule has 6 nitrogen and oxygen atoms in total. The Morgan fingerprint density at radius 2 is 2.33 bits per heavy atom. The minimum absolute atomic E-state index is 0.293. The molecule has 24 heavy (non-hydrogen) atoms. The van der Waals surface area contributed by atoms with Gasteiger partial charge in [0.1, 0.15) is 11.1 Å². The molecule has 7 heteroatoms. The van der Waals surface area contributed by atoms with Crippen molar-refractivity contribution < 1.29 is 9.53 Å². The normalized spacial score (nSPS) is 15.2. The molecule has 0 spiro atoms. The van der Waals surface area contributed by atoms with Gasteiger partial charge in [-0.3, -0.25) is 10.3 Å². The van der Waals surface area contributed by atoms with Gasteiger partial charge in [0.15, 0.2) is 0 Å². The van der Waals surface area contributed by atoms with Gasteiger partial charge in [0.05, 0.1) is 30.0 Å². The highest BCUT2D eigenvalue weighted by Crippen LogP contribution is 2.39. The summed E-state index contributed by atoms with van der Waals surface area (Å²) >= 11 is 1.40. The van der Waals surface area contributed by atoms with Gasteiger partial charge in [-0.2, -0.15) is 5.26 Å². The summed E-state index contributed by atoms with van der Waals surface area (Å²) in [5, 5.41) is 15.6. The molecule has 0 atom stereocenters. The van der Waals surface area contributed by atoms with Gasteiger partial charge in [0, 0.05) is 17.5 Å². The van der Waals surface area contributed by atoms with Crippen LogP contribution in [-0.2, 0) is 24.3 Å². The minimum Gasteiger partial charge on any atom is -0.370 e. The molecular formula is C17H18N4O2S. The third kappa shape index (κ3) is 3.55. The van der Waals surface area contributed by atoms with Gasteiger partial charge in [-0.25, -0.2) is 4.79 Å². The van der Waals surface area contributed by atoms with E-state index in [0.717, 1.165) is 16.1 Å². The SMILES string of the molecule is CC1(C)Cc2c(sc(NC(=O)NCc3ccccn3)c2C#N)CO1. The average Bonchev–Trinajstić information content (AvgIpc) is 2.89. The molecule has 0 unspecified atom stereocenters. The summed E-state index contributed by atoms with van der Waals surface area (Å²) in [6.07, 6.45) is 2.34. The highest BCUT2D eigenvalue weighted by atomic mass is 32.1. The van der Waals surface area contributed by atoms with Crippen LogP contribution < -0.4 is 10.6 Å². The molecule has 1 aliphatic heterocycles. The number of amides is 2. The number of carbonyl (C=O) groups is 1. The Bertz CT molecular complexity index is 793. The Hall–Kier alpha value is -2.43. The number of aromatic nitrogens is 1. The van der Waals surface area contributed by atoms with E-state index in [0.29, 0.717) is 30.1 Å². The number of urea groups is 1. The molecule has 2 N–H and O–H groups in total. The number of pyridine rings is 1. The molecule has 2 aromatic heterocycles. The number of hydrogen-bond donors (Lipinski definition) is 2. The van der Waals surface area contributed by atoms with E-state index >= 15 is 0 Å². The van der Waals surface area contributed by atoms with Gasteiger partial charge < -0.3 is 10.1 Å². The van der Waals surface area contributed by atoms with E-state index in [1.807, 2.05) is 32.0 Å². The van der Waals surface area contributed by atoms with Gasteiger partial charge in [0.2, 0.25) is 0 Å². The van der Waals surface area contributed by atoms with Crippen molar-refractivity contribution in [3.05, 3.63) is 46.1 Å². The summed E-state index contributed by atoms with van der Waals surface area (Å²) in [6, 6.07) is 7.39. The van der Waals surface area contributed by atoms with Gasteiger partial charge in [-0.15, -0.1) is 11.3 Å². The molecule has 2 amide bonds. The molecule has 3 rings (SSSR count). The molecule has 124 valence electrons. The van der Waals surface area contributed by atoms with Gasteiger partial charge >= 0.3 is 6.03 Å². The first-order chi connectivity index (χ1) is 11.5. The highest BCUT2D eigenvalue weighted by Gasteiger charge is 2.31. The van der Waals surface area contributed by atoms with Crippen molar-refractivity contribution in [3.63, 3.8) is 0 Å². The number of hydrogen-bond acceptors (Lipinski definition) is 5. The quantitative estimate of drug-likeness (QED) is 0.897. The number of nitrogens with zero attached hydrogens (tertiary/aromatic N) is 2. The van der Waals surface area contributed by atoms with E-state index in [2.05, 4.69) is 21.7 Å². The fourth-order valence-corrected chi connectivity index (χ4v) is 3.66. The van der Waals surface area contributed by atoms with Crippen LogP contribution in [0, 0.1) is 11.3 Å². The van der Waals surface area contributed by atoms with Gasteiger partial charge in [0.25, 0.3) is 0 Å². The molecule has 0 aromatic carbocycles. The Kier molecular flexibility index (Phi) is 4.51. The summed E-state index contributed by atoms with van der Waals surface area (Å²) < 4.78 is 5.78. The average molecular weight is 342 g/mol. The number of carbonyl (C=O) groups excluding carboxylic acids is 1. The van der Waals surface area contributed by atoms with Crippen LogP contribution in [0.5, 0.6) is 0 Å². The predicted octanol–water partition coefficient (Wildman–Crippen LogP) is 3.19. The lowest BCUT2D eigenvalue weighted by atomic mass is 9.93. The first-order valence-electron chi connectivity index (χ1n) is 7.62. The first kappa shape index (κ1) is 16.4. The van der Waals surface area contributed by atoms with Crippen LogP contribution in [0.25, 0.3) is 0 Å². The van der Waals surface area contributed by atoms with Crippen molar-refractivity contribution in [2.75, 3.05) is 5.32 Å². The van der Waals surface area contributed by atoms with Crippen LogP contribution in [-0.4, -0.2) is 16.6 Å². The summed E-state index contributed by atoms with van der Waals surface area (Å²) in [7, 11) is 0. The maximum Gasteiger partial charge on any atom is 0.320 e. The summed E-state index contributed by atoms with van der Waals surface area (Å²) in [6.45, 7) is 4.80. The van der Waals surface area contributed by atoms with Crippen LogP contribution in [0.2, 0.25) is 0 Å². The number of ether oxygens (including phenoxy) is 1. The smallest absolute Gasteiger partial charge is 0.320 e. The number of nitrogens with one attached hydrogen (secondary N) is 2. The molecule has 3 heterocycles. The summed E-state index contributed by atoms with van der Waals surface area (Å²) in [5.74, 6) is 0. The van der Waals surface area contributed by atoms with Crippen LogP contribution in [0.4, 0.5) is 9.80 Å². The van der Waals surface area contributed by atoms with E-state index in [1.165, 1.54) is 11.3 Å². The maximum atomic E-state index is 12.1. The largest absolute Gasteiger partial charge is 0.370 e. The third-order valence-corrected chi connectivity index (χ3v) is 4.90. The molecule has 1 aliphatic rings. The molecule has 0 saturated carbocycles. The second-order valence-electron chi connectivity index (χ2n) is 6.17. The molecule has 2 aromatic rings. The zero-order valence-electron chi connectivity index (χ0n) is 13.5. The molecule has 0 fully saturated rings. The molecule has 0 radical (unpaired) electrons. The van der Waals surface area contributed by atoms with Crippen molar-refractivity contribution in [2.45, 2.75) is 39.0 Å². The lowest BCUT2D eigenvalue weighted by Crippen LogP contribution is -2.31. The molecule has 0 saturated heterocycles. The minimum atomic E-state index is -0.351. The number of rotatable bonds is 3. The van der Waals surface area contributed by atoms with Crippen LogP contribution in [0.15, 0.2) is 24.4 Å².